The molecule has 0 atom stereocenters. The topological polar surface area (TPSA) is 46.5 Å². The van der Waals surface area contributed by atoms with E-state index in [9.17, 15) is 4.79 Å². The summed E-state index contributed by atoms with van der Waals surface area (Å²) in [5.74, 6) is 0.860. The van der Waals surface area contributed by atoms with E-state index < -0.39 is 0 Å². The van der Waals surface area contributed by atoms with Crippen LogP contribution in [0.15, 0.2) is 54.6 Å². The summed E-state index contributed by atoms with van der Waals surface area (Å²) < 4.78 is 5.58. The first-order valence-corrected chi connectivity index (χ1v) is 7.08. The van der Waals surface area contributed by atoms with Crippen LogP contribution in [0.4, 0.5) is 0 Å². The molecule has 0 aliphatic heterocycles. The van der Waals surface area contributed by atoms with Gasteiger partial charge in [-0.05, 0) is 30.7 Å². The minimum atomic E-state index is 0.0423. The summed E-state index contributed by atoms with van der Waals surface area (Å²) in [6.07, 6.45) is 2.16. The van der Waals surface area contributed by atoms with Crippen molar-refractivity contribution >= 4 is 5.78 Å². The van der Waals surface area contributed by atoms with Crippen molar-refractivity contribution in [2.45, 2.75) is 19.8 Å². The second-order valence-electron chi connectivity index (χ2n) is 4.42. The van der Waals surface area contributed by atoms with E-state index >= 15 is 0 Å². The fraction of sp³-hybridized carbons (Fsp3) is 0.278. The first-order valence-electron chi connectivity index (χ1n) is 7.08. The molecule has 0 unspecified atom stereocenters. The lowest BCUT2D eigenvalue weighted by molar-refractivity contribution is 0.103. The number of carbonyl (C=O) groups excluding carboxylic acids is 1. The van der Waals surface area contributed by atoms with E-state index in [1.807, 2.05) is 54.6 Å². The van der Waals surface area contributed by atoms with Crippen molar-refractivity contribution < 1.29 is 14.6 Å². The Morgan fingerprint density at radius 1 is 0.952 bits per heavy atom. The first-order chi connectivity index (χ1) is 10.3. The molecule has 2 aromatic carbocycles. The van der Waals surface area contributed by atoms with Gasteiger partial charge in [-0.3, -0.25) is 4.79 Å². The van der Waals surface area contributed by atoms with Crippen molar-refractivity contribution in [3.8, 4) is 5.75 Å². The third-order valence-electron chi connectivity index (χ3n) is 2.92. The summed E-state index contributed by atoms with van der Waals surface area (Å²) in [5.41, 5.74) is 1.40. The van der Waals surface area contributed by atoms with Crippen LogP contribution in [0.5, 0.6) is 5.75 Å². The van der Waals surface area contributed by atoms with Gasteiger partial charge in [0, 0.05) is 18.2 Å². The summed E-state index contributed by atoms with van der Waals surface area (Å²) >= 11 is 0. The van der Waals surface area contributed by atoms with Gasteiger partial charge in [0.2, 0.25) is 0 Å². The van der Waals surface area contributed by atoms with Crippen molar-refractivity contribution in [2.24, 2.45) is 0 Å². The number of aliphatic hydroxyl groups excluding tert-OH is 1. The lowest BCUT2D eigenvalue weighted by Crippen LogP contribution is -2.01. The molecule has 0 fully saturated rings. The van der Waals surface area contributed by atoms with E-state index in [1.165, 1.54) is 0 Å². The van der Waals surface area contributed by atoms with Crippen molar-refractivity contribution in [2.75, 3.05) is 13.7 Å². The van der Waals surface area contributed by atoms with E-state index in [1.54, 1.807) is 0 Å². The Bertz CT molecular complexity index is 518. The SMILES string of the molecule is CCCCOc1ccc(C(=O)c2ccccc2)cc1.CO. The molecule has 0 aliphatic carbocycles. The number of ketones is 1. The van der Waals surface area contributed by atoms with Gasteiger partial charge in [0.15, 0.2) is 5.78 Å². The summed E-state index contributed by atoms with van der Waals surface area (Å²) in [6, 6.07) is 16.6. The number of rotatable bonds is 6. The van der Waals surface area contributed by atoms with Gasteiger partial charge in [0.1, 0.15) is 5.75 Å². The molecule has 0 aromatic heterocycles. The monoisotopic (exact) mass is 286 g/mol. The fourth-order valence-corrected chi connectivity index (χ4v) is 1.79. The molecule has 0 aliphatic rings. The summed E-state index contributed by atoms with van der Waals surface area (Å²) in [4.78, 5) is 12.2. The maximum Gasteiger partial charge on any atom is 0.193 e. The Kier molecular flexibility index (Phi) is 7.84. The van der Waals surface area contributed by atoms with Gasteiger partial charge >= 0.3 is 0 Å². The van der Waals surface area contributed by atoms with Gasteiger partial charge in [-0.25, -0.2) is 0 Å². The van der Waals surface area contributed by atoms with Crippen molar-refractivity contribution in [1.29, 1.82) is 0 Å². The summed E-state index contributed by atoms with van der Waals surface area (Å²) in [5, 5.41) is 7.00. The van der Waals surface area contributed by atoms with Gasteiger partial charge in [0.25, 0.3) is 0 Å². The highest BCUT2D eigenvalue weighted by atomic mass is 16.5. The van der Waals surface area contributed by atoms with Crippen LogP contribution in [0.25, 0.3) is 0 Å². The number of aliphatic hydroxyl groups is 1. The molecular formula is C18H22O3. The van der Waals surface area contributed by atoms with Gasteiger partial charge in [-0.1, -0.05) is 43.7 Å². The zero-order chi connectivity index (χ0) is 15.5. The van der Waals surface area contributed by atoms with Crippen LogP contribution in [0.1, 0.15) is 35.7 Å². The third-order valence-corrected chi connectivity index (χ3v) is 2.92. The Morgan fingerprint density at radius 3 is 2.10 bits per heavy atom. The van der Waals surface area contributed by atoms with E-state index in [0.29, 0.717) is 11.1 Å². The number of carbonyl (C=O) groups is 1. The molecule has 112 valence electrons. The average molecular weight is 286 g/mol. The van der Waals surface area contributed by atoms with E-state index in [0.717, 1.165) is 32.3 Å². The molecule has 0 bridgehead atoms. The molecule has 0 spiro atoms. The largest absolute Gasteiger partial charge is 0.494 e. The second-order valence-corrected chi connectivity index (χ2v) is 4.42. The molecule has 3 nitrogen and oxygen atoms in total. The number of hydrogen-bond acceptors (Lipinski definition) is 3. The van der Waals surface area contributed by atoms with Crippen LogP contribution in [-0.2, 0) is 0 Å². The minimum Gasteiger partial charge on any atom is -0.494 e. The number of unbranched alkanes of at least 4 members (excludes halogenated alkanes) is 1. The Labute approximate surface area is 126 Å². The highest BCUT2D eigenvalue weighted by Gasteiger charge is 2.08. The molecule has 0 saturated carbocycles. The summed E-state index contributed by atoms with van der Waals surface area (Å²) in [7, 11) is 1.00. The van der Waals surface area contributed by atoms with Crippen molar-refractivity contribution in [1.82, 2.24) is 0 Å². The van der Waals surface area contributed by atoms with Crippen molar-refractivity contribution in [3.05, 3.63) is 65.7 Å². The van der Waals surface area contributed by atoms with Crippen LogP contribution in [0.3, 0.4) is 0 Å². The molecule has 2 aromatic rings. The highest BCUT2D eigenvalue weighted by Crippen LogP contribution is 2.15. The van der Waals surface area contributed by atoms with Gasteiger partial charge in [-0.15, -0.1) is 0 Å². The lowest BCUT2D eigenvalue weighted by Gasteiger charge is -2.06. The molecule has 0 heterocycles. The minimum absolute atomic E-state index is 0.0423. The summed E-state index contributed by atoms with van der Waals surface area (Å²) in [6.45, 7) is 2.85. The Balaban J connectivity index is 0.00000106. The molecule has 21 heavy (non-hydrogen) atoms. The average Bonchev–Trinajstić information content (AvgIpc) is 2.58. The second kappa shape index (κ2) is 9.72. The lowest BCUT2D eigenvalue weighted by atomic mass is 10.0. The smallest absolute Gasteiger partial charge is 0.193 e. The van der Waals surface area contributed by atoms with Crippen LogP contribution in [-0.4, -0.2) is 24.6 Å². The molecule has 3 heteroatoms. The van der Waals surface area contributed by atoms with Gasteiger partial charge in [-0.2, -0.15) is 0 Å². The van der Waals surface area contributed by atoms with Crippen LogP contribution >= 0.6 is 0 Å². The van der Waals surface area contributed by atoms with E-state index in [-0.39, 0.29) is 5.78 Å². The normalized spacial score (nSPS) is 9.48. The van der Waals surface area contributed by atoms with E-state index in [2.05, 4.69) is 6.92 Å². The molecule has 2 rings (SSSR count). The molecule has 0 radical (unpaired) electrons. The number of hydrogen-bond donors (Lipinski definition) is 1. The Morgan fingerprint density at radius 2 is 1.52 bits per heavy atom. The van der Waals surface area contributed by atoms with Crippen LogP contribution < -0.4 is 4.74 Å². The molecule has 1 N–H and O–H groups in total. The van der Waals surface area contributed by atoms with Gasteiger partial charge < -0.3 is 9.84 Å². The molecule has 0 saturated heterocycles. The first kappa shape index (κ1) is 16.9. The van der Waals surface area contributed by atoms with Crippen LogP contribution in [0.2, 0.25) is 0 Å². The van der Waals surface area contributed by atoms with Crippen LogP contribution in [0, 0.1) is 0 Å². The number of benzene rings is 2. The van der Waals surface area contributed by atoms with Gasteiger partial charge in [0.05, 0.1) is 6.61 Å². The van der Waals surface area contributed by atoms with E-state index in [4.69, 9.17) is 9.84 Å². The number of ether oxygens (including phenoxy) is 1. The highest BCUT2D eigenvalue weighted by molar-refractivity contribution is 6.08. The predicted molar refractivity (Wildman–Crippen MR) is 84.9 cm³/mol. The molecular weight excluding hydrogens is 264 g/mol. The van der Waals surface area contributed by atoms with Crippen molar-refractivity contribution in [3.63, 3.8) is 0 Å². The maximum atomic E-state index is 12.2. The zero-order valence-corrected chi connectivity index (χ0v) is 12.6. The Hall–Kier alpha value is -2.13. The third kappa shape index (κ3) is 5.40. The standard InChI is InChI=1S/C17H18O2.CH4O/c1-2-3-13-19-16-11-9-15(10-12-16)17(18)14-7-5-4-6-8-14;1-2/h4-12H,2-3,13H2,1H3;2H,1H3. The zero-order valence-electron chi connectivity index (χ0n) is 12.6. The fourth-order valence-electron chi connectivity index (χ4n) is 1.79. The quantitative estimate of drug-likeness (QED) is 0.650. The maximum absolute atomic E-state index is 12.2. The predicted octanol–water partition coefficient (Wildman–Crippen LogP) is 3.71. The molecule has 0 amide bonds.